The Morgan fingerprint density at radius 3 is 2.19 bits per heavy atom. The maximum Gasteiger partial charge on any atom is 0.167 e. The van der Waals surface area contributed by atoms with Crippen LogP contribution in [0.3, 0.4) is 0 Å². The van der Waals surface area contributed by atoms with E-state index in [1.54, 1.807) is 7.11 Å². The van der Waals surface area contributed by atoms with E-state index in [1.807, 2.05) is 31.2 Å². The first kappa shape index (κ1) is 19.9. The number of carbonyl (C=O) groups is 2. The van der Waals surface area contributed by atoms with Gasteiger partial charge in [0.1, 0.15) is 5.78 Å². The van der Waals surface area contributed by atoms with Crippen LogP contribution in [0.1, 0.15) is 42.7 Å². The summed E-state index contributed by atoms with van der Waals surface area (Å²) in [7, 11) is 1.71. The van der Waals surface area contributed by atoms with Gasteiger partial charge in [-0.2, -0.15) is 0 Å². The average Bonchev–Trinajstić information content (AvgIpc) is 3.44. The molecule has 32 heavy (non-hydrogen) atoms. The van der Waals surface area contributed by atoms with Crippen LogP contribution < -0.4 is 0 Å². The van der Waals surface area contributed by atoms with Gasteiger partial charge in [0.2, 0.25) is 0 Å². The first-order valence-corrected chi connectivity index (χ1v) is 11.7. The molecule has 4 aliphatic rings. The number of hydrogen-bond donors (Lipinski definition) is 0. The van der Waals surface area contributed by atoms with Crippen LogP contribution in [0.2, 0.25) is 0 Å². The predicted molar refractivity (Wildman–Crippen MR) is 123 cm³/mol. The summed E-state index contributed by atoms with van der Waals surface area (Å²) in [5.74, 6) is 1.04. The molecule has 2 bridgehead atoms. The Hall–Kier alpha value is -2.78. The molecule has 3 unspecified atom stereocenters. The Balaban J connectivity index is 1.47. The minimum absolute atomic E-state index is 0.0602. The molecule has 0 amide bonds. The lowest BCUT2D eigenvalue weighted by atomic mass is 9.69. The fourth-order valence-corrected chi connectivity index (χ4v) is 7.11. The number of Topliss-reactive ketones (excluding diaryl/α,β-unsaturated/α-hetero) is 2. The van der Waals surface area contributed by atoms with Crippen molar-refractivity contribution >= 4 is 11.6 Å². The first-order valence-electron chi connectivity index (χ1n) is 11.7. The van der Waals surface area contributed by atoms with Gasteiger partial charge in [0.05, 0.1) is 12.5 Å². The van der Waals surface area contributed by atoms with Gasteiger partial charge in [-0.25, -0.2) is 0 Å². The maximum absolute atomic E-state index is 13.9. The van der Waals surface area contributed by atoms with Crippen LogP contribution in [0.15, 0.2) is 83.0 Å². The summed E-state index contributed by atoms with van der Waals surface area (Å²) in [6, 6.07) is 20.8. The Labute approximate surface area is 189 Å². The molecule has 6 rings (SSSR count). The molecule has 0 aromatic heterocycles. The van der Waals surface area contributed by atoms with Crippen molar-refractivity contribution < 1.29 is 14.3 Å². The van der Waals surface area contributed by atoms with E-state index in [-0.39, 0.29) is 35.5 Å². The quantitative estimate of drug-likeness (QED) is 0.630. The predicted octanol–water partition coefficient (Wildman–Crippen LogP) is 5.25. The second kappa shape index (κ2) is 7.38. The van der Waals surface area contributed by atoms with Gasteiger partial charge in [0.15, 0.2) is 5.78 Å². The maximum atomic E-state index is 13.9. The highest BCUT2D eigenvalue weighted by Crippen LogP contribution is 2.67. The van der Waals surface area contributed by atoms with Gasteiger partial charge in [-0.3, -0.25) is 9.59 Å². The van der Waals surface area contributed by atoms with E-state index in [1.165, 1.54) is 22.3 Å². The molecule has 0 saturated heterocycles. The highest BCUT2D eigenvalue weighted by molar-refractivity contribution is 6.07. The molecular formula is C29H28O3. The minimum atomic E-state index is -0.0849. The molecule has 3 nitrogen and oxygen atoms in total. The monoisotopic (exact) mass is 424 g/mol. The Morgan fingerprint density at radius 1 is 0.875 bits per heavy atom. The molecule has 2 aromatic rings. The highest BCUT2D eigenvalue weighted by atomic mass is 16.5. The molecule has 0 radical (unpaired) electrons. The first-order chi connectivity index (χ1) is 15.6. The Kier molecular flexibility index (Phi) is 4.58. The molecule has 0 spiro atoms. The van der Waals surface area contributed by atoms with Gasteiger partial charge in [0.25, 0.3) is 0 Å². The topological polar surface area (TPSA) is 43.4 Å². The second-order valence-corrected chi connectivity index (χ2v) is 9.84. The van der Waals surface area contributed by atoms with Crippen molar-refractivity contribution in [2.45, 2.75) is 31.6 Å². The fourth-order valence-electron chi connectivity index (χ4n) is 7.11. The normalized spacial score (nSPS) is 33.2. The Morgan fingerprint density at radius 2 is 1.53 bits per heavy atom. The van der Waals surface area contributed by atoms with E-state index in [0.29, 0.717) is 24.6 Å². The van der Waals surface area contributed by atoms with E-state index in [9.17, 15) is 9.59 Å². The summed E-state index contributed by atoms with van der Waals surface area (Å²) in [5, 5.41) is 0. The fraction of sp³-hybridized carbons (Fsp3) is 0.379. The smallest absolute Gasteiger partial charge is 0.167 e. The molecule has 162 valence electrons. The molecule has 0 saturated carbocycles. The molecule has 0 fully saturated rings. The van der Waals surface area contributed by atoms with E-state index in [0.717, 1.165) is 17.6 Å². The number of fused-ring (bicyclic) bond motifs is 6. The molecule has 6 atom stereocenters. The van der Waals surface area contributed by atoms with Crippen molar-refractivity contribution in [2.75, 3.05) is 13.7 Å². The zero-order chi connectivity index (χ0) is 22.0. The standard InChI is InChI=1S/C29H28O3/c1-16-22(15-32-2)26-21(14-23(16)30)25-20-13-19(17-9-5-3-6-10-17)29(31)27(20)28(26)24(25)18-11-7-4-8-12-18/h3-12,16,19,22,24-25,28H,13-15H2,1-2H3/t16-,19-,22+,24?,25?,28?/m1/s1. The summed E-state index contributed by atoms with van der Waals surface area (Å²) in [6.07, 6.45) is 1.32. The van der Waals surface area contributed by atoms with Gasteiger partial charge < -0.3 is 4.74 Å². The number of ether oxygens (including phenoxy) is 1. The van der Waals surface area contributed by atoms with Gasteiger partial charge in [0, 0.05) is 48.7 Å². The lowest BCUT2D eigenvalue weighted by molar-refractivity contribution is -0.124. The highest BCUT2D eigenvalue weighted by Gasteiger charge is 2.60. The van der Waals surface area contributed by atoms with Crippen LogP contribution in [-0.2, 0) is 14.3 Å². The van der Waals surface area contributed by atoms with Crippen molar-refractivity contribution in [3.63, 3.8) is 0 Å². The molecular weight excluding hydrogens is 396 g/mol. The summed E-state index contributed by atoms with van der Waals surface area (Å²) in [4.78, 5) is 26.9. The SMILES string of the molecule is COC[C@@H]1C2=C(CC(=O)[C@@H]1C)C1C3=C(C(=O)[C@@H](c4ccccc4)C3)C2C1c1ccccc1. The zero-order valence-electron chi connectivity index (χ0n) is 18.6. The number of hydrogen-bond acceptors (Lipinski definition) is 3. The van der Waals surface area contributed by atoms with E-state index >= 15 is 0 Å². The van der Waals surface area contributed by atoms with Crippen molar-refractivity contribution in [3.8, 4) is 0 Å². The summed E-state index contributed by atoms with van der Waals surface area (Å²) in [6.45, 7) is 2.58. The molecule has 0 heterocycles. The second-order valence-electron chi connectivity index (χ2n) is 9.84. The Bertz CT molecular complexity index is 1160. The van der Waals surface area contributed by atoms with Crippen molar-refractivity contribution in [3.05, 3.63) is 94.1 Å². The number of benzene rings is 2. The third kappa shape index (κ3) is 2.64. The number of ketones is 2. The summed E-state index contributed by atoms with van der Waals surface area (Å²) in [5.41, 5.74) is 7.40. The van der Waals surface area contributed by atoms with Crippen LogP contribution in [0.5, 0.6) is 0 Å². The van der Waals surface area contributed by atoms with Gasteiger partial charge in [-0.05, 0) is 17.5 Å². The largest absolute Gasteiger partial charge is 0.384 e. The molecule has 4 aliphatic carbocycles. The van der Waals surface area contributed by atoms with Crippen molar-refractivity contribution in [1.82, 2.24) is 0 Å². The molecule has 3 heteroatoms. The molecule has 2 aromatic carbocycles. The number of allylic oxidation sites excluding steroid dienone is 3. The lowest BCUT2D eigenvalue weighted by Gasteiger charge is -2.35. The zero-order valence-corrected chi connectivity index (χ0v) is 18.6. The number of rotatable bonds is 4. The van der Waals surface area contributed by atoms with Crippen LogP contribution >= 0.6 is 0 Å². The van der Waals surface area contributed by atoms with Gasteiger partial charge >= 0.3 is 0 Å². The van der Waals surface area contributed by atoms with Gasteiger partial charge in [-0.15, -0.1) is 0 Å². The summed E-state index contributed by atoms with van der Waals surface area (Å²) < 4.78 is 5.60. The van der Waals surface area contributed by atoms with E-state index < -0.39 is 0 Å². The average molecular weight is 425 g/mol. The minimum Gasteiger partial charge on any atom is -0.384 e. The molecule has 0 aliphatic heterocycles. The van der Waals surface area contributed by atoms with Crippen LogP contribution in [0.4, 0.5) is 0 Å². The van der Waals surface area contributed by atoms with E-state index in [2.05, 4.69) is 36.4 Å². The third-order valence-electron chi connectivity index (χ3n) is 8.45. The lowest BCUT2D eigenvalue weighted by Crippen LogP contribution is -2.34. The molecule has 0 N–H and O–H groups in total. The van der Waals surface area contributed by atoms with Crippen LogP contribution in [0.25, 0.3) is 0 Å². The van der Waals surface area contributed by atoms with Gasteiger partial charge in [-0.1, -0.05) is 84.3 Å². The van der Waals surface area contributed by atoms with Crippen molar-refractivity contribution in [2.24, 2.45) is 23.7 Å². The van der Waals surface area contributed by atoms with Crippen LogP contribution in [0, 0.1) is 23.7 Å². The van der Waals surface area contributed by atoms with E-state index in [4.69, 9.17) is 4.74 Å². The van der Waals surface area contributed by atoms with Crippen LogP contribution in [-0.4, -0.2) is 25.3 Å². The summed E-state index contributed by atoms with van der Waals surface area (Å²) >= 11 is 0. The third-order valence-corrected chi connectivity index (χ3v) is 8.45. The number of carbonyl (C=O) groups excluding carboxylic acids is 2. The number of methoxy groups -OCH3 is 1. The van der Waals surface area contributed by atoms with Crippen molar-refractivity contribution in [1.29, 1.82) is 0 Å².